The molecule has 1 aliphatic carbocycles. The molecule has 2 aromatic heterocycles. The molecule has 134 valence electrons. The standard InChI is InChI=1S/C20H21ClN4O/c21-17-8-6-16(7-9-17)20(26,13-25-15-22-14-24-25)19(10-2-3-11-19)18-5-1-4-12-23-18/h1,4-9,12,14-15,26H,2-3,10-11,13H2. The van der Waals surface area contributed by atoms with Crippen molar-refractivity contribution in [1.29, 1.82) is 0 Å². The predicted molar refractivity (Wildman–Crippen MR) is 99.8 cm³/mol. The Morgan fingerprint density at radius 1 is 1.12 bits per heavy atom. The Kier molecular flexibility index (Phi) is 4.51. The molecule has 0 spiro atoms. The molecule has 2 heterocycles. The topological polar surface area (TPSA) is 63.8 Å². The van der Waals surface area contributed by atoms with Gasteiger partial charge in [-0.1, -0.05) is 42.6 Å². The molecule has 0 radical (unpaired) electrons. The number of benzene rings is 1. The fourth-order valence-electron chi connectivity index (χ4n) is 4.30. The van der Waals surface area contributed by atoms with E-state index in [-0.39, 0.29) is 0 Å². The minimum Gasteiger partial charge on any atom is -0.382 e. The minimum atomic E-state index is -1.17. The maximum Gasteiger partial charge on any atom is 0.137 e. The second kappa shape index (κ2) is 6.82. The number of aromatic nitrogens is 4. The molecule has 1 N–H and O–H groups in total. The van der Waals surface area contributed by atoms with Crippen molar-refractivity contribution in [2.75, 3.05) is 0 Å². The largest absolute Gasteiger partial charge is 0.382 e. The van der Waals surface area contributed by atoms with Gasteiger partial charge >= 0.3 is 0 Å². The van der Waals surface area contributed by atoms with Gasteiger partial charge in [0.1, 0.15) is 18.3 Å². The van der Waals surface area contributed by atoms with Gasteiger partial charge in [-0.2, -0.15) is 5.10 Å². The molecular weight excluding hydrogens is 348 g/mol. The van der Waals surface area contributed by atoms with E-state index >= 15 is 0 Å². The zero-order valence-electron chi connectivity index (χ0n) is 14.4. The Morgan fingerprint density at radius 3 is 2.50 bits per heavy atom. The lowest BCUT2D eigenvalue weighted by atomic mass is 9.64. The first-order valence-corrected chi connectivity index (χ1v) is 9.24. The highest BCUT2D eigenvalue weighted by atomic mass is 35.5. The first-order chi connectivity index (χ1) is 12.6. The molecule has 1 aliphatic rings. The number of nitrogens with zero attached hydrogens (tertiary/aromatic N) is 4. The van der Waals surface area contributed by atoms with Crippen LogP contribution < -0.4 is 0 Å². The third kappa shape index (κ3) is 2.81. The molecule has 0 amide bonds. The normalized spacial score (nSPS) is 18.5. The van der Waals surface area contributed by atoms with E-state index in [1.165, 1.54) is 6.33 Å². The molecular formula is C20H21ClN4O. The Bertz CT molecular complexity index is 845. The molecule has 1 aromatic carbocycles. The second-order valence-corrected chi connectivity index (χ2v) is 7.40. The van der Waals surface area contributed by atoms with E-state index in [1.54, 1.807) is 17.2 Å². The zero-order valence-corrected chi connectivity index (χ0v) is 15.2. The van der Waals surface area contributed by atoms with Crippen molar-refractivity contribution in [1.82, 2.24) is 19.7 Å². The Balaban J connectivity index is 1.89. The van der Waals surface area contributed by atoms with Gasteiger partial charge < -0.3 is 5.11 Å². The third-order valence-electron chi connectivity index (χ3n) is 5.58. The Morgan fingerprint density at radius 2 is 1.88 bits per heavy atom. The third-order valence-corrected chi connectivity index (χ3v) is 5.84. The van der Waals surface area contributed by atoms with Crippen LogP contribution in [0.25, 0.3) is 0 Å². The SMILES string of the molecule is OC(Cn1cncn1)(c1ccc(Cl)cc1)C1(c2ccccn2)CCCC1. The van der Waals surface area contributed by atoms with Gasteiger partial charge in [0.2, 0.25) is 0 Å². The van der Waals surface area contributed by atoms with Gasteiger partial charge in [0.15, 0.2) is 0 Å². The highest BCUT2D eigenvalue weighted by Gasteiger charge is 2.55. The highest BCUT2D eigenvalue weighted by molar-refractivity contribution is 6.30. The number of hydrogen-bond acceptors (Lipinski definition) is 4. The average Bonchev–Trinajstić information content (AvgIpc) is 3.35. The first-order valence-electron chi connectivity index (χ1n) is 8.86. The van der Waals surface area contributed by atoms with E-state index in [0.717, 1.165) is 36.9 Å². The van der Waals surface area contributed by atoms with Crippen LogP contribution in [0.1, 0.15) is 36.9 Å². The summed E-state index contributed by atoms with van der Waals surface area (Å²) in [6.45, 7) is 0.311. The monoisotopic (exact) mass is 368 g/mol. The summed E-state index contributed by atoms with van der Waals surface area (Å²) in [5.41, 5.74) is 0.101. The molecule has 0 bridgehead atoms. The van der Waals surface area contributed by atoms with E-state index in [4.69, 9.17) is 11.6 Å². The van der Waals surface area contributed by atoms with Gasteiger partial charge in [0, 0.05) is 22.3 Å². The summed E-state index contributed by atoms with van der Waals surface area (Å²) in [4.78, 5) is 8.68. The van der Waals surface area contributed by atoms with Crippen LogP contribution in [0.5, 0.6) is 0 Å². The number of hydrogen-bond donors (Lipinski definition) is 1. The molecule has 5 nitrogen and oxygen atoms in total. The van der Waals surface area contributed by atoms with Gasteiger partial charge in [-0.3, -0.25) is 4.98 Å². The van der Waals surface area contributed by atoms with Crippen molar-refractivity contribution in [3.8, 4) is 0 Å². The Labute approximate surface area is 157 Å². The van der Waals surface area contributed by atoms with Crippen molar-refractivity contribution >= 4 is 11.6 Å². The minimum absolute atomic E-state index is 0.311. The Hall–Kier alpha value is -2.24. The molecule has 1 saturated carbocycles. The van der Waals surface area contributed by atoms with Gasteiger partial charge in [0.05, 0.1) is 6.54 Å². The molecule has 4 rings (SSSR count). The van der Waals surface area contributed by atoms with Gasteiger partial charge in [-0.05, 0) is 42.7 Å². The van der Waals surface area contributed by atoms with Crippen LogP contribution in [-0.2, 0) is 17.6 Å². The van der Waals surface area contributed by atoms with Crippen molar-refractivity contribution < 1.29 is 5.11 Å². The molecule has 1 atom stereocenters. The number of rotatable bonds is 5. The summed E-state index contributed by atoms with van der Waals surface area (Å²) in [5, 5.41) is 17.1. The maximum absolute atomic E-state index is 12.2. The van der Waals surface area contributed by atoms with E-state index in [1.807, 2.05) is 42.5 Å². The fraction of sp³-hybridized carbons (Fsp3) is 0.350. The number of aliphatic hydroxyl groups is 1. The first kappa shape index (κ1) is 17.2. The van der Waals surface area contributed by atoms with Crippen LogP contribution >= 0.6 is 11.6 Å². The number of halogens is 1. The second-order valence-electron chi connectivity index (χ2n) is 6.96. The molecule has 0 saturated heterocycles. The summed E-state index contributed by atoms with van der Waals surface area (Å²) in [6, 6.07) is 13.4. The van der Waals surface area contributed by atoms with Gasteiger partial charge in [-0.25, -0.2) is 9.67 Å². The molecule has 26 heavy (non-hydrogen) atoms. The molecule has 6 heteroatoms. The highest BCUT2D eigenvalue weighted by Crippen LogP contribution is 2.53. The summed E-state index contributed by atoms with van der Waals surface area (Å²) < 4.78 is 1.69. The lowest BCUT2D eigenvalue weighted by molar-refractivity contribution is -0.0642. The van der Waals surface area contributed by atoms with Crippen LogP contribution in [0, 0.1) is 0 Å². The zero-order chi connectivity index (χ0) is 18.0. The number of pyridine rings is 1. The van der Waals surface area contributed by atoms with Gasteiger partial charge in [-0.15, -0.1) is 0 Å². The maximum atomic E-state index is 12.2. The molecule has 1 fully saturated rings. The van der Waals surface area contributed by atoms with E-state index in [0.29, 0.717) is 11.6 Å². The van der Waals surface area contributed by atoms with Crippen molar-refractivity contribution in [2.45, 2.75) is 43.2 Å². The molecule has 1 unspecified atom stereocenters. The van der Waals surface area contributed by atoms with Crippen molar-refractivity contribution in [2.24, 2.45) is 0 Å². The van der Waals surface area contributed by atoms with Crippen molar-refractivity contribution in [3.63, 3.8) is 0 Å². The molecule has 3 aromatic rings. The van der Waals surface area contributed by atoms with E-state index in [9.17, 15) is 5.11 Å². The van der Waals surface area contributed by atoms with Crippen LogP contribution in [0.4, 0.5) is 0 Å². The fourth-order valence-corrected chi connectivity index (χ4v) is 4.43. The summed E-state index contributed by atoms with van der Waals surface area (Å²) in [6.07, 6.45) is 8.79. The van der Waals surface area contributed by atoms with Gasteiger partial charge in [0.25, 0.3) is 0 Å². The van der Waals surface area contributed by atoms with Crippen LogP contribution in [0.2, 0.25) is 5.02 Å². The molecule has 0 aliphatic heterocycles. The van der Waals surface area contributed by atoms with Crippen molar-refractivity contribution in [3.05, 3.63) is 77.6 Å². The average molecular weight is 369 g/mol. The quantitative estimate of drug-likeness (QED) is 0.745. The summed E-state index contributed by atoms with van der Waals surface area (Å²) in [7, 11) is 0. The summed E-state index contributed by atoms with van der Waals surface area (Å²) >= 11 is 6.09. The van der Waals surface area contributed by atoms with E-state index in [2.05, 4.69) is 15.1 Å². The summed E-state index contributed by atoms with van der Waals surface area (Å²) in [5.74, 6) is 0. The smallest absolute Gasteiger partial charge is 0.137 e. The van der Waals surface area contributed by atoms with Crippen LogP contribution in [0.15, 0.2) is 61.3 Å². The van der Waals surface area contributed by atoms with Crippen LogP contribution in [0.3, 0.4) is 0 Å². The predicted octanol–water partition coefficient (Wildman–Crippen LogP) is 3.73. The lowest BCUT2D eigenvalue weighted by Gasteiger charge is -2.45. The van der Waals surface area contributed by atoms with E-state index < -0.39 is 11.0 Å². The lowest BCUT2D eigenvalue weighted by Crippen LogP contribution is -2.51. The van der Waals surface area contributed by atoms with Crippen LogP contribution in [-0.4, -0.2) is 24.9 Å².